The van der Waals surface area contributed by atoms with Gasteiger partial charge in [0.25, 0.3) is 0 Å². The van der Waals surface area contributed by atoms with E-state index < -0.39 is 0 Å². The molecule has 0 radical (unpaired) electrons. The van der Waals surface area contributed by atoms with Crippen LogP contribution >= 0.6 is 15.9 Å². The average Bonchev–Trinajstić information content (AvgIpc) is 2.17. The highest BCUT2D eigenvalue weighted by Gasteiger charge is 2.07. The monoisotopic (exact) mass is 260 g/mol. The highest BCUT2D eigenvalue weighted by atomic mass is 79.9. The zero-order chi connectivity index (χ0) is 10.6. The van der Waals surface area contributed by atoms with Crippen molar-refractivity contribution in [1.29, 1.82) is 0 Å². The largest absolute Gasteiger partial charge is 0.397 e. The van der Waals surface area contributed by atoms with Crippen molar-refractivity contribution in [2.24, 2.45) is 0 Å². The van der Waals surface area contributed by atoms with E-state index in [2.05, 4.69) is 21.2 Å². The Bertz CT molecular complexity index is 303. The fraction of sp³-hybridized carbons (Fsp3) is 0.333. The maximum atomic E-state index is 8.86. The number of halogens is 1. The van der Waals surface area contributed by atoms with Crippen LogP contribution in [0.2, 0.25) is 0 Å². The lowest BCUT2D eigenvalue weighted by molar-refractivity contribution is 0.204. The molecule has 0 saturated heterocycles. The van der Waals surface area contributed by atoms with Gasteiger partial charge in [0.15, 0.2) is 0 Å². The Morgan fingerprint density at radius 2 is 2.00 bits per heavy atom. The average molecular weight is 261 g/mol. The maximum Gasteiger partial charge on any atom is 0.0723 e. The summed E-state index contributed by atoms with van der Waals surface area (Å²) in [6, 6.07) is 5.01. The second kappa shape index (κ2) is 5.19. The van der Waals surface area contributed by atoms with Crippen LogP contribution in [0.25, 0.3) is 0 Å². The van der Waals surface area contributed by atoms with Crippen LogP contribution in [0.3, 0.4) is 0 Å². The number of nitrogen functional groups attached to an aromatic ring is 1. The molecule has 14 heavy (non-hydrogen) atoms. The molecule has 0 saturated carbocycles. The van der Waals surface area contributed by atoms with Gasteiger partial charge in [0.2, 0.25) is 0 Å². The molecule has 5 N–H and O–H groups in total. The fourth-order valence-corrected chi connectivity index (χ4v) is 1.41. The summed E-state index contributed by atoms with van der Waals surface area (Å²) in [7, 11) is 0. The van der Waals surface area contributed by atoms with Gasteiger partial charge in [-0.2, -0.15) is 0 Å². The molecule has 0 aliphatic carbocycles. The molecule has 0 aromatic heterocycles. The van der Waals surface area contributed by atoms with Gasteiger partial charge in [-0.05, 0) is 18.2 Å². The first-order chi connectivity index (χ1) is 6.67. The third-order valence-corrected chi connectivity index (χ3v) is 2.31. The summed E-state index contributed by atoms with van der Waals surface area (Å²) in [5.74, 6) is 0. The van der Waals surface area contributed by atoms with E-state index in [9.17, 15) is 0 Å². The summed E-state index contributed by atoms with van der Waals surface area (Å²) < 4.78 is 0.894. The number of rotatable bonds is 4. The van der Waals surface area contributed by atoms with Gasteiger partial charge in [0.1, 0.15) is 0 Å². The summed E-state index contributed by atoms with van der Waals surface area (Å²) >= 11 is 3.29. The Morgan fingerprint density at radius 1 is 1.36 bits per heavy atom. The van der Waals surface area contributed by atoms with Crippen molar-refractivity contribution in [3.63, 3.8) is 0 Å². The van der Waals surface area contributed by atoms with Gasteiger partial charge >= 0.3 is 0 Å². The Hall–Kier alpha value is -0.780. The highest BCUT2D eigenvalue weighted by molar-refractivity contribution is 9.10. The van der Waals surface area contributed by atoms with Gasteiger partial charge in [-0.1, -0.05) is 15.9 Å². The number of hydrogen-bond acceptors (Lipinski definition) is 4. The molecular weight excluding hydrogens is 248 g/mol. The van der Waals surface area contributed by atoms with Crippen molar-refractivity contribution in [2.45, 2.75) is 6.04 Å². The summed E-state index contributed by atoms with van der Waals surface area (Å²) in [6.07, 6.45) is 0. The van der Waals surface area contributed by atoms with Crippen molar-refractivity contribution < 1.29 is 10.2 Å². The molecular formula is C9H13BrN2O2. The lowest BCUT2D eigenvalue weighted by Crippen LogP contribution is -2.28. The zero-order valence-electron chi connectivity index (χ0n) is 7.57. The van der Waals surface area contributed by atoms with Crippen LogP contribution < -0.4 is 11.1 Å². The topological polar surface area (TPSA) is 78.5 Å². The number of nitrogens with one attached hydrogen (secondary N) is 1. The lowest BCUT2D eigenvalue weighted by atomic mass is 10.2. The van der Waals surface area contributed by atoms with E-state index in [1.165, 1.54) is 0 Å². The van der Waals surface area contributed by atoms with E-state index in [4.69, 9.17) is 15.9 Å². The van der Waals surface area contributed by atoms with Crippen molar-refractivity contribution in [3.8, 4) is 0 Å². The molecule has 0 aliphatic heterocycles. The van der Waals surface area contributed by atoms with Gasteiger partial charge in [-0.15, -0.1) is 0 Å². The quantitative estimate of drug-likeness (QED) is 0.604. The standard InChI is InChI=1S/C9H13BrN2O2/c10-6-1-2-9(8(11)3-6)12-7(4-13)5-14/h1-3,7,12-14H,4-5,11H2. The molecule has 0 fully saturated rings. The predicted octanol–water partition coefficient (Wildman–Crippen LogP) is 0.796. The highest BCUT2D eigenvalue weighted by Crippen LogP contribution is 2.23. The molecule has 78 valence electrons. The molecule has 0 aliphatic rings. The Labute approximate surface area is 90.9 Å². The minimum atomic E-state index is -0.376. The van der Waals surface area contributed by atoms with Crippen molar-refractivity contribution in [2.75, 3.05) is 24.3 Å². The molecule has 0 bridgehead atoms. The number of nitrogens with two attached hydrogens (primary N) is 1. The molecule has 1 rings (SSSR count). The van der Waals surface area contributed by atoms with Gasteiger partial charge < -0.3 is 21.3 Å². The Kier molecular flexibility index (Phi) is 4.19. The first-order valence-electron chi connectivity index (χ1n) is 4.20. The molecule has 0 heterocycles. The van der Waals surface area contributed by atoms with Crippen LogP contribution in [0.15, 0.2) is 22.7 Å². The minimum absolute atomic E-state index is 0.133. The molecule has 1 aromatic rings. The molecule has 4 nitrogen and oxygen atoms in total. The number of benzene rings is 1. The van der Waals surface area contributed by atoms with E-state index in [0.717, 1.165) is 4.47 Å². The third kappa shape index (κ3) is 2.87. The van der Waals surface area contributed by atoms with Crippen molar-refractivity contribution in [3.05, 3.63) is 22.7 Å². The van der Waals surface area contributed by atoms with Crippen LogP contribution in [0, 0.1) is 0 Å². The second-order valence-electron chi connectivity index (χ2n) is 2.94. The summed E-state index contributed by atoms with van der Waals surface area (Å²) in [5.41, 5.74) is 7.01. The van der Waals surface area contributed by atoms with Crippen LogP contribution in [-0.4, -0.2) is 29.5 Å². The molecule has 0 spiro atoms. The van der Waals surface area contributed by atoms with Gasteiger partial charge in [-0.25, -0.2) is 0 Å². The van der Waals surface area contributed by atoms with E-state index in [1.54, 1.807) is 12.1 Å². The second-order valence-corrected chi connectivity index (χ2v) is 3.85. The smallest absolute Gasteiger partial charge is 0.0723 e. The number of anilines is 2. The van der Waals surface area contributed by atoms with Gasteiger partial charge in [0, 0.05) is 4.47 Å². The molecule has 5 heteroatoms. The van der Waals surface area contributed by atoms with Crippen molar-refractivity contribution >= 4 is 27.3 Å². The molecule has 1 aromatic carbocycles. The Balaban J connectivity index is 2.76. The van der Waals surface area contributed by atoms with Crippen LogP contribution in [0.5, 0.6) is 0 Å². The van der Waals surface area contributed by atoms with Gasteiger partial charge in [0.05, 0.1) is 30.6 Å². The lowest BCUT2D eigenvalue weighted by Gasteiger charge is -2.16. The third-order valence-electron chi connectivity index (χ3n) is 1.81. The summed E-state index contributed by atoms with van der Waals surface area (Å²) in [4.78, 5) is 0. The van der Waals surface area contributed by atoms with Gasteiger partial charge in [-0.3, -0.25) is 0 Å². The first kappa shape index (κ1) is 11.3. The summed E-state index contributed by atoms with van der Waals surface area (Å²) in [6.45, 7) is -0.266. The van der Waals surface area contributed by atoms with Crippen molar-refractivity contribution in [1.82, 2.24) is 0 Å². The number of aliphatic hydroxyl groups excluding tert-OH is 2. The normalized spacial score (nSPS) is 10.6. The van der Waals surface area contributed by atoms with E-state index in [-0.39, 0.29) is 19.3 Å². The minimum Gasteiger partial charge on any atom is -0.397 e. The molecule has 0 atom stereocenters. The summed E-state index contributed by atoms with van der Waals surface area (Å²) in [5, 5.41) is 20.6. The van der Waals surface area contributed by atoms with Crippen LogP contribution in [-0.2, 0) is 0 Å². The van der Waals surface area contributed by atoms with Crippen LogP contribution in [0.1, 0.15) is 0 Å². The van der Waals surface area contributed by atoms with Crippen LogP contribution in [0.4, 0.5) is 11.4 Å². The Morgan fingerprint density at radius 3 is 2.50 bits per heavy atom. The SMILES string of the molecule is Nc1cc(Br)ccc1NC(CO)CO. The number of aliphatic hydroxyl groups is 2. The van der Waals surface area contributed by atoms with E-state index in [1.807, 2.05) is 6.07 Å². The van der Waals surface area contributed by atoms with E-state index in [0.29, 0.717) is 11.4 Å². The van der Waals surface area contributed by atoms with E-state index >= 15 is 0 Å². The first-order valence-corrected chi connectivity index (χ1v) is 5.00. The zero-order valence-corrected chi connectivity index (χ0v) is 9.16. The maximum absolute atomic E-state index is 8.86. The molecule has 0 unspecified atom stereocenters. The molecule has 0 amide bonds. The fourth-order valence-electron chi connectivity index (χ4n) is 1.03. The number of hydrogen-bond donors (Lipinski definition) is 4. The predicted molar refractivity (Wildman–Crippen MR) is 60.1 cm³/mol.